The molecule has 1 atom stereocenters. The fourth-order valence-corrected chi connectivity index (χ4v) is 3.69. The molecule has 8 heteroatoms. The van der Waals surface area contributed by atoms with E-state index in [1.807, 2.05) is 45.9 Å². The Hall–Kier alpha value is -4.28. The van der Waals surface area contributed by atoms with Gasteiger partial charge in [-0.1, -0.05) is 55.8 Å². The largest absolute Gasteiger partial charge is 0.489 e. The van der Waals surface area contributed by atoms with Gasteiger partial charge in [-0.25, -0.2) is 9.18 Å². The standard InChI is InChI=1S/C29H32ClFN2O4.C2H6.C2H2/c1-6-8-9-19(3)18-37-23-13-11-22(12-14-23)32-28(34)26-16-27(33(5)20(26)4)25(15-10-21(30)17-31)24(7-2)29(35)36;2*1-2/h6-17,25H,18H2,1-5H3,(H,32,34)(H,35,36);1-2H3;1-2H/b8-6-,15-10?,19-9+,21-17-,24-7+;;. The predicted molar refractivity (Wildman–Crippen MR) is 168 cm³/mol. The van der Waals surface area contributed by atoms with Crippen molar-refractivity contribution in [2.45, 2.75) is 47.5 Å². The first kappa shape index (κ1) is 36.7. The lowest BCUT2D eigenvalue weighted by atomic mass is 9.94. The van der Waals surface area contributed by atoms with Gasteiger partial charge in [-0.2, -0.15) is 0 Å². The maximum absolute atomic E-state index is 13.1. The van der Waals surface area contributed by atoms with Crippen LogP contribution < -0.4 is 10.1 Å². The molecule has 0 saturated heterocycles. The van der Waals surface area contributed by atoms with Crippen LogP contribution in [0, 0.1) is 19.8 Å². The summed E-state index contributed by atoms with van der Waals surface area (Å²) in [6.45, 7) is 11.8. The number of hydrogen-bond donors (Lipinski definition) is 2. The number of benzene rings is 1. The fourth-order valence-electron chi connectivity index (χ4n) is 3.61. The minimum atomic E-state index is -1.13. The normalized spacial score (nSPS) is 12.7. The number of amides is 1. The van der Waals surface area contributed by atoms with E-state index >= 15 is 0 Å². The first-order valence-corrected chi connectivity index (χ1v) is 13.4. The summed E-state index contributed by atoms with van der Waals surface area (Å²) >= 11 is 5.75. The van der Waals surface area contributed by atoms with Crippen LogP contribution in [-0.4, -0.2) is 28.2 Å². The quantitative estimate of drug-likeness (QED) is 0.158. The van der Waals surface area contributed by atoms with Crippen LogP contribution in [0.1, 0.15) is 62.3 Å². The number of carbonyl (C=O) groups excluding carboxylic acids is 1. The second kappa shape index (κ2) is 19.7. The van der Waals surface area contributed by atoms with Crippen molar-refractivity contribution in [3.8, 4) is 18.6 Å². The molecule has 41 heavy (non-hydrogen) atoms. The summed E-state index contributed by atoms with van der Waals surface area (Å²) in [5.41, 5.74) is 3.29. The summed E-state index contributed by atoms with van der Waals surface area (Å²) in [6.07, 6.45) is 18.3. The van der Waals surface area contributed by atoms with E-state index in [0.717, 1.165) is 5.57 Å². The number of carboxylic acids is 1. The molecule has 0 aliphatic rings. The van der Waals surface area contributed by atoms with Crippen molar-refractivity contribution < 1.29 is 23.8 Å². The Morgan fingerprint density at radius 3 is 2.32 bits per heavy atom. The van der Waals surface area contributed by atoms with Gasteiger partial charge in [0, 0.05) is 35.6 Å². The lowest BCUT2D eigenvalue weighted by Gasteiger charge is -2.16. The zero-order valence-electron chi connectivity index (χ0n) is 24.7. The summed E-state index contributed by atoms with van der Waals surface area (Å²) in [7, 11) is 1.74. The monoisotopic (exact) mass is 582 g/mol. The summed E-state index contributed by atoms with van der Waals surface area (Å²) < 4.78 is 20.2. The van der Waals surface area contributed by atoms with E-state index in [2.05, 4.69) is 18.2 Å². The van der Waals surface area contributed by atoms with Crippen LogP contribution >= 0.6 is 11.6 Å². The molecule has 2 N–H and O–H groups in total. The van der Waals surface area contributed by atoms with Gasteiger partial charge >= 0.3 is 5.97 Å². The van der Waals surface area contributed by atoms with Crippen molar-refractivity contribution >= 4 is 29.2 Å². The van der Waals surface area contributed by atoms with E-state index in [1.165, 1.54) is 18.2 Å². The first-order chi connectivity index (χ1) is 19.6. The molecular weight excluding hydrogens is 543 g/mol. The Labute approximate surface area is 248 Å². The lowest BCUT2D eigenvalue weighted by molar-refractivity contribution is -0.132. The number of rotatable bonds is 11. The number of carbonyl (C=O) groups is 2. The highest BCUT2D eigenvalue weighted by Crippen LogP contribution is 2.31. The summed E-state index contributed by atoms with van der Waals surface area (Å²) in [5.74, 6) is -1.56. The number of terminal acetylenes is 1. The van der Waals surface area contributed by atoms with Crippen molar-refractivity contribution in [3.63, 3.8) is 0 Å². The highest BCUT2D eigenvalue weighted by molar-refractivity contribution is 6.31. The fraction of sp³-hybridized carbons (Fsp3) is 0.273. The third kappa shape index (κ3) is 11.4. The van der Waals surface area contributed by atoms with Gasteiger partial charge in [0.15, 0.2) is 0 Å². The summed E-state index contributed by atoms with van der Waals surface area (Å²) in [6, 6.07) is 8.68. The van der Waals surface area contributed by atoms with Crippen molar-refractivity contribution in [1.82, 2.24) is 4.57 Å². The maximum atomic E-state index is 13.1. The summed E-state index contributed by atoms with van der Waals surface area (Å²) in [4.78, 5) is 25.0. The Balaban J connectivity index is 0.00000382. The van der Waals surface area contributed by atoms with E-state index in [0.29, 0.717) is 35.0 Å². The third-order valence-electron chi connectivity index (χ3n) is 5.73. The number of aromatic nitrogens is 1. The maximum Gasteiger partial charge on any atom is 0.332 e. The highest BCUT2D eigenvalue weighted by Gasteiger charge is 2.25. The minimum Gasteiger partial charge on any atom is -0.489 e. The molecule has 0 saturated carbocycles. The van der Waals surface area contributed by atoms with Gasteiger partial charge in [0.1, 0.15) is 18.7 Å². The zero-order valence-corrected chi connectivity index (χ0v) is 25.5. The molecule has 2 rings (SSSR count). The Kier molecular flexibility index (Phi) is 17.7. The van der Waals surface area contributed by atoms with Gasteiger partial charge < -0.3 is 19.7 Å². The molecule has 1 heterocycles. The Morgan fingerprint density at radius 2 is 1.80 bits per heavy atom. The molecule has 1 aromatic heterocycles. The molecule has 2 aromatic rings. The van der Waals surface area contributed by atoms with Gasteiger partial charge in [0.2, 0.25) is 0 Å². The Bertz CT molecular complexity index is 1310. The number of carboxylic acid groups (broad SMARTS) is 1. The van der Waals surface area contributed by atoms with Crippen LogP contribution in [0.2, 0.25) is 0 Å². The highest BCUT2D eigenvalue weighted by atomic mass is 35.5. The predicted octanol–water partition coefficient (Wildman–Crippen LogP) is 8.48. The van der Waals surface area contributed by atoms with E-state index in [-0.39, 0.29) is 22.8 Å². The molecule has 0 radical (unpaired) electrons. The van der Waals surface area contributed by atoms with Crippen LogP contribution in [0.15, 0.2) is 89.3 Å². The summed E-state index contributed by atoms with van der Waals surface area (Å²) in [5, 5.41) is 12.4. The molecule has 1 aromatic carbocycles. The average Bonchev–Trinajstić information content (AvgIpc) is 3.28. The number of ether oxygens (including phenoxy) is 1. The van der Waals surface area contributed by atoms with E-state index in [9.17, 15) is 19.1 Å². The smallest absolute Gasteiger partial charge is 0.332 e. The zero-order chi connectivity index (χ0) is 31.5. The molecule has 6 nitrogen and oxygen atoms in total. The molecule has 0 aliphatic carbocycles. The van der Waals surface area contributed by atoms with Gasteiger partial charge in [0.05, 0.1) is 10.6 Å². The van der Waals surface area contributed by atoms with Gasteiger partial charge in [-0.05, 0) is 69.7 Å². The minimum absolute atomic E-state index is 0.0681. The molecule has 0 fully saturated rings. The number of nitrogens with zero attached hydrogens (tertiary/aromatic N) is 1. The van der Waals surface area contributed by atoms with Crippen LogP contribution in [0.3, 0.4) is 0 Å². The molecule has 0 spiro atoms. The SMILES string of the molecule is C#C.C/C=C\C=C(/C)COc1ccc(NC(=O)c2cc(C(C=C/C(Cl)=C/F)/C(=C\C)C(=O)O)n(C)c2C)cc1.CC. The van der Waals surface area contributed by atoms with E-state index in [1.54, 1.807) is 55.8 Å². The molecule has 1 amide bonds. The van der Waals surface area contributed by atoms with Gasteiger partial charge in [0.25, 0.3) is 5.91 Å². The van der Waals surface area contributed by atoms with Crippen LogP contribution in [0.25, 0.3) is 0 Å². The number of allylic oxidation sites excluding steroid dienone is 7. The number of halogens is 2. The lowest BCUT2D eigenvalue weighted by Crippen LogP contribution is -2.13. The molecule has 1 unspecified atom stereocenters. The van der Waals surface area contributed by atoms with Crippen molar-refractivity contribution in [3.05, 3.63) is 106 Å². The van der Waals surface area contributed by atoms with Crippen LogP contribution in [-0.2, 0) is 11.8 Å². The number of nitrogens with one attached hydrogen (secondary N) is 1. The number of anilines is 1. The van der Waals surface area contributed by atoms with Crippen molar-refractivity contribution in [1.29, 1.82) is 0 Å². The van der Waals surface area contributed by atoms with Gasteiger partial charge in [-0.15, -0.1) is 12.8 Å². The number of hydrogen-bond acceptors (Lipinski definition) is 3. The topological polar surface area (TPSA) is 80.6 Å². The molecule has 220 valence electrons. The van der Waals surface area contributed by atoms with Crippen LogP contribution in [0.5, 0.6) is 5.75 Å². The average molecular weight is 583 g/mol. The second-order valence-corrected chi connectivity index (χ2v) is 8.75. The van der Waals surface area contributed by atoms with Gasteiger partial charge in [-0.3, -0.25) is 4.79 Å². The van der Waals surface area contributed by atoms with Crippen LogP contribution in [0.4, 0.5) is 10.1 Å². The van der Waals surface area contributed by atoms with Crippen molar-refractivity contribution in [2.24, 2.45) is 7.05 Å². The number of aliphatic carboxylic acids is 1. The van der Waals surface area contributed by atoms with Crippen molar-refractivity contribution in [2.75, 3.05) is 11.9 Å². The second-order valence-electron chi connectivity index (χ2n) is 8.31. The first-order valence-electron chi connectivity index (χ1n) is 13.0. The Morgan fingerprint density at radius 1 is 1.20 bits per heavy atom. The molecular formula is C33H40ClFN2O4. The third-order valence-corrected chi connectivity index (χ3v) is 5.94. The molecule has 0 bridgehead atoms. The van der Waals surface area contributed by atoms with E-state index in [4.69, 9.17) is 16.3 Å². The molecule has 0 aliphatic heterocycles. The van der Waals surface area contributed by atoms with E-state index < -0.39 is 11.9 Å².